The first-order valence-electron chi connectivity index (χ1n) is 10.3. The Morgan fingerprint density at radius 3 is 2.78 bits per heavy atom. The van der Waals surface area contributed by atoms with E-state index in [2.05, 4.69) is 15.6 Å². The summed E-state index contributed by atoms with van der Waals surface area (Å²) in [5.74, 6) is 0.263. The molecule has 0 unspecified atom stereocenters. The Balaban J connectivity index is 1.27. The van der Waals surface area contributed by atoms with Crippen LogP contribution >= 0.6 is 0 Å². The SMILES string of the molecule is O=C(N[C@H]1CC[C@@H](CCn2cc(C3(O)CCCC3)nn2)O[C@@H]1CO)C1CC1. The molecule has 0 bridgehead atoms. The Bertz CT molecular complexity index is 654. The molecule has 8 nitrogen and oxygen atoms in total. The maximum absolute atomic E-state index is 12.0. The molecule has 0 spiro atoms. The topological polar surface area (TPSA) is 110 Å². The third kappa shape index (κ3) is 4.33. The van der Waals surface area contributed by atoms with Crippen molar-refractivity contribution >= 4 is 5.91 Å². The van der Waals surface area contributed by atoms with E-state index >= 15 is 0 Å². The minimum absolute atomic E-state index is 0.0263. The predicted molar refractivity (Wildman–Crippen MR) is 96.6 cm³/mol. The third-order valence-electron chi connectivity index (χ3n) is 6.20. The summed E-state index contributed by atoms with van der Waals surface area (Å²) < 4.78 is 7.79. The van der Waals surface area contributed by atoms with Crippen LogP contribution in [0.5, 0.6) is 0 Å². The van der Waals surface area contributed by atoms with E-state index in [4.69, 9.17) is 4.74 Å². The highest BCUT2D eigenvalue weighted by atomic mass is 16.5. The fraction of sp³-hybridized carbons (Fsp3) is 0.842. The lowest BCUT2D eigenvalue weighted by atomic mass is 9.97. The van der Waals surface area contributed by atoms with Crippen molar-refractivity contribution in [1.82, 2.24) is 20.3 Å². The molecular weight excluding hydrogens is 348 g/mol. The van der Waals surface area contributed by atoms with Crippen molar-refractivity contribution in [2.45, 2.75) is 88.2 Å². The normalized spacial score (nSPS) is 30.4. The maximum atomic E-state index is 12.0. The van der Waals surface area contributed by atoms with Crippen molar-refractivity contribution < 1.29 is 19.7 Å². The average Bonchev–Trinajstić information content (AvgIpc) is 3.25. The second-order valence-corrected chi connectivity index (χ2v) is 8.34. The lowest BCUT2D eigenvalue weighted by molar-refractivity contribution is -0.129. The third-order valence-corrected chi connectivity index (χ3v) is 6.20. The molecule has 150 valence electrons. The van der Waals surface area contributed by atoms with Crippen LogP contribution in [0.1, 0.15) is 63.5 Å². The second-order valence-electron chi connectivity index (χ2n) is 8.34. The summed E-state index contributed by atoms with van der Waals surface area (Å²) in [6.07, 6.45) is 9.46. The molecule has 1 aromatic heterocycles. The minimum Gasteiger partial charge on any atom is -0.394 e. The first-order valence-corrected chi connectivity index (χ1v) is 10.3. The first-order chi connectivity index (χ1) is 13.1. The van der Waals surface area contributed by atoms with Gasteiger partial charge in [0.15, 0.2) is 0 Å². The van der Waals surface area contributed by atoms with E-state index in [0.717, 1.165) is 57.8 Å². The van der Waals surface area contributed by atoms with Crippen LogP contribution in [0, 0.1) is 5.92 Å². The molecule has 3 atom stereocenters. The number of nitrogens with zero attached hydrogens (tertiary/aromatic N) is 3. The fourth-order valence-corrected chi connectivity index (χ4v) is 4.27. The number of carbonyl (C=O) groups is 1. The summed E-state index contributed by atoms with van der Waals surface area (Å²) >= 11 is 0. The lowest BCUT2D eigenvalue weighted by Gasteiger charge is -2.36. The van der Waals surface area contributed by atoms with Crippen molar-refractivity contribution in [2.24, 2.45) is 5.92 Å². The average molecular weight is 378 g/mol. The molecular formula is C19H30N4O4. The Morgan fingerprint density at radius 1 is 1.30 bits per heavy atom. The zero-order valence-corrected chi connectivity index (χ0v) is 15.7. The standard InChI is InChI=1S/C19H30N4O4/c24-12-16-15(20-18(25)13-3-4-13)6-5-14(27-16)7-10-23-11-17(21-22-23)19(26)8-1-2-9-19/h11,13-16,24,26H,1-10,12H2,(H,20,25)/t14-,15-,16+/m0/s1. The lowest BCUT2D eigenvalue weighted by Crippen LogP contribution is -2.51. The van der Waals surface area contributed by atoms with Crippen molar-refractivity contribution in [3.05, 3.63) is 11.9 Å². The van der Waals surface area contributed by atoms with Crippen molar-refractivity contribution in [1.29, 1.82) is 0 Å². The molecule has 2 heterocycles. The number of ether oxygens (including phenoxy) is 1. The number of nitrogens with one attached hydrogen (secondary N) is 1. The smallest absolute Gasteiger partial charge is 0.223 e. The van der Waals surface area contributed by atoms with Gasteiger partial charge in [-0.3, -0.25) is 9.48 Å². The van der Waals surface area contributed by atoms with E-state index in [-0.39, 0.29) is 36.7 Å². The zero-order valence-electron chi connectivity index (χ0n) is 15.7. The molecule has 27 heavy (non-hydrogen) atoms. The molecule has 2 saturated carbocycles. The molecule has 4 rings (SSSR count). The monoisotopic (exact) mass is 378 g/mol. The Labute approximate surface area is 159 Å². The van der Waals surface area contributed by atoms with E-state index in [0.29, 0.717) is 12.2 Å². The van der Waals surface area contributed by atoms with Gasteiger partial charge in [-0.1, -0.05) is 18.1 Å². The maximum Gasteiger partial charge on any atom is 0.223 e. The van der Waals surface area contributed by atoms with Crippen LogP contribution in [-0.4, -0.2) is 56.0 Å². The molecule has 0 radical (unpaired) electrons. The number of aliphatic hydroxyl groups is 2. The van der Waals surface area contributed by atoms with E-state index in [1.165, 1.54) is 0 Å². The molecule has 3 N–H and O–H groups in total. The van der Waals surface area contributed by atoms with E-state index < -0.39 is 5.60 Å². The number of carbonyl (C=O) groups excluding carboxylic acids is 1. The fourth-order valence-electron chi connectivity index (χ4n) is 4.27. The van der Waals surface area contributed by atoms with Crippen LogP contribution < -0.4 is 5.32 Å². The number of amides is 1. The largest absolute Gasteiger partial charge is 0.394 e. The number of aromatic nitrogens is 3. The number of rotatable bonds is 7. The quantitative estimate of drug-likeness (QED) is 0.649. The van der Waals surface area contributed by atoms with Gasteiger partial charge in [0.25, 0.3) is 0 Å². The molecule has 1 saturated heterocycles. The molecule has 8 heteroatoms. The molecule has 1 amide bonds. The van der Waals surface area contributed by atoms with Crippen LogP contribution in [0.25, 0.3) is 0 Å². The highest BCUT2D eigenvalue weighted by Crippen LogP contribution is 2.37. The summed E-state index contributed by atoms with van der Waals surface area (Å²) in [7, 11) is 0. The van der Waals surface area contributed by atoms with Gasteiger partial charge in [-0.25, -0.2) is 0 Å². The van der Waals surface area contributed by atoms with Crippen LogP contribution in [0.15, 0.2) is 6.20 Å². The van der Waals surface area contributed by atoms with E-state index in [9.17, 15) is 15.0 Å². The van der Waals surface area contributed by atoms with Crippen LogP contribution in [-0.2, 0) is 21.7 Å². The summed E-state index contributed by atoms with van der Waals surface area (Å²) in [6.45, 7) is 0.567. The Morgan fingerprint density at radius 2 is 2.07 bits per heavy atom. The highest BCUT2D eigenvalue weighted by Gasteiger charge is 2.37. The Hall–Kier alpha value is -1.51. The summed E-state index contributed by atoms with van der Waals surface area (Å²) in [4.78, 5) is 12.0. The number of hydrogen-bond donors (Lipinski definition) is 3. The minimum atomic E-state index is -0.811. The van der Waals surface area contributed by atoms with Crippen molar-refractivity contribution in [3.8, 4) is 0 Å². The van der Waals surface area contributed by atoms with Crippen LogP contribution in [0.4, 0.5) is 0 Å². The van der Waals surface area contributed by atoms with Crippen LogP contribution in [0.3, 0.4) is 0 Å². The second kappa shape index (κ2) is 7.85. The first kappa shape index (κ1) is 18.8. The van der Waals surface area contributed by atoms with Gasteiger partial charge >= 0.3 is 0 Å². The van der Waals surface area contributed by atoms with Crippen LogP contribution in [0.2, 0.25) is 0 Å². The van der Waals surface area contributed by atoms with Gasteiger partial charge in [-0.05, 0) is 44.9 Å². The summed E-state index contributed by atoms with van der Waals surface area (Å²) in [5.41, 5.74) is -0.144. The van der Waals surface area contributed by atoms with Gasteiger partial charge in [0.2, 0.25) is 5.91 Å². The zero-order chi connectivity index (χ0) is 18.9. The van der Waals surface area contributed by atoms with Gasteiger partial charge in [-0.15, -0.1) is 5.10 Å². The number of aryl methyl sites for hydroxylation is 1. The Kier molecular flexibility index (Phi) is 5.48. The number of hydrogen-bond acceptors (Lipinski definition) is 6. The number of aliphatic hydroxyl groups excluding tert-OH is 1. The molecule has 3 fully saturated rings. The molecule has 1 aliphatic heterocycles. The van der Waals surface area contributed by atoms with Gasteiger partial charge in [0.05, 0.1) is 24.9 Å². The van der Waals surface area contributed by atoms with E-state index in [1.807, 2.05) is 6.20 Å². The van der Waals surface area contributed by atoms with Crippen molar-refractivity contribution in [2.75, 3.05) is 6.61 Å². The van der Waals surface area contributed by atoms with Gasteiger partial charge in [0, 0.05) is 12.5 Å². The molecule has 2 aliphatic carbocycles. The van der Waals surface area contributed by atoms with Crippen molar-refractivity contribution in [3.63, 3.8) is 0 Å². The predicted octanol–water partition coefficient (Wildman–Crippen LogP) is 0.864. The molecule has 0 aromatic carbocycles. The molecule has 1 aromatic rings. The highest BCUT2D eigenvalue weighted by molar-refractivity contribution is 5.81. The summed E-state index contributed by atoms with van der Waals surface area (Å²) in [5, 5.41) is 31.6. The molecule has 3 aliphatic rings. The van der Waals surface area contributed by atoms with Gasteiger partial charge < -0.3 is 20.3 Å². The van der Waals surface area contributed by atoms with E-state index in [1.54, 1.807) is 4.68 Å². The van der Waals surface area contributed by atoms with Gasteiger partial charge in [0.1, 0.15) is 17.4 Å². The summed E-state index contributed by atoms with van der Waals surface area (Å²) in [6, 6.07) is -0.103. The van der Waals surface area contributed by atoms with Gasteiger partial charge in [-0.2, -0.15) is 0 Å².